The molecule has 0 saturated heterocycles. The van der Waals surface area contributed by atoms with Crippen molar-refractivity contribution in [3.8, 4) is 5.75 Å². The maximum Gasteiger partial charge on any atom is 0.325 e. The van der Waals surface area contributed by atoms with Gasteiger partial charge in [-0.15, -0.1) is 0 Å². The van der Waals surface area contributed by atoms with Gasteiger partial charge >= 0.3 is 5.97 Å². The summed E-state index contributed by atoms with van der Waals surface area (Å²) in [6, 6.07) is 5.92. The van der Waals surface area contributed by atoms with E-state index in [1.807, 2.05) is 39.0 Å². The van der Waals surface area contributed by atoms with E-state index in [9.17, 15) is 4.79 Å². The minimum atomic E-state index is -1.03. The molecule has 1 aromatic carbocycles. The smallest absolute Gasteiger partial charge is 0.325 e. The standard InChI is InChI=1S/C16H25NO3/c1-6-19-15(18)16(5,17)10-12(3)20-14-9-7-8-11(2)13(14)4/h7-9,12H,6,10,17H2,1-5H3. The van der Waals surface area contributed by atoms with Gasteiger partial charge in [0.15, 0.2) is 0 Å². The fourth-order valence-electron chi connectivity index (χ4n) is 2.09. The Hall–Kier alpha value is -1.55. The summed E-state index contributed by atoms with van der Waals surface area (Å²) in [5.41, 5.74) is 7.26. The highest BCUT2D eigenvalue weighted by Gasteiger charge is 2.32. The van der Waals surface area contributed by atoms with Crippen molar-refractivity contribution in [2.24, 2.45) is 5.73 Å². The first kappa shape index (κ1) is 16.5. The summed E-state index contributed by atoms with van der Waals surface area (Å²) in [7, 11) is 0. The first-order valence-corrected chi connectivity index (χ1v) is 6.97. The van der Waals surface area contributed by atoms with Gasteiger partial charge in [0.05, 0.1) is 12.7 Å². The van der Waals surface area contributed by atoms with E-state index in [-0.39, 0.29) is 6.10 Å². The highest BCUT2D eigenvalue weighted by molar-refractivity contribution is 5.80. The monoisotopic (exact) mass is 279 g/mol. The Bertz CT molecular complexity index is 469. The molecule has 0 spiro atoms. The third-order valence-electron chi connectivity index (χ3n) is 3.34. The van der Waals surface area contributed by atoms with Gasteiger partial charge in [0.25, 0.3) is 0 Å². The van der Waals surface area contributed by atoms with Gasteiger partial charge in [-0.05, 0) is 51.8 Å². The van der Waals surface area contributed by atoms with Crippen LogP contribution in [0.4, 0.5) is 0 Å². The summed E-state index contributed by atoms with van der Waals surface area (Å²) in [6.45, 7) is 9.74. The van der Waals surface area contributed by atoms with Gasteiger partial charge in [-0.3, -0.25) is 4.79 Å². The van der Waals surface area contributed by atoms with Crippen molar-refractivity contribution in [3.63, 3.8) is 0 Å². The van der Waals surface area contributed by atoms with Crippen LogP contribution in [0.3, 0.4) is 0 Å². The molecule has 0 aliphatic heterocycles. The SMILES string of the molecule is CCOC(=O)C(C)(N)CC(C)Oc1cccc(C)c1C. The van der Waals surface area contributed by atoms with Crippen LogP contribution in [0, 0.1) is 13.8 Å². The van der Waals surface area contributed by atoms with E-state index in [0.717, 1.165) is 11.3 Å². The van der Waals surface area contributed by atoms with Gasteiger partial charge < -0.3 is 15.2 Å². The van der Waals surface area contributed by atoms with Crippen LogP contribution in [-0.2, 0) is 9.53 Å². The van der Waals surface area contributed by atoms with Crippen molar-refractivity contribution in [2.45, 2.75) is 52.7 Å². The molecule has 4 heteroatoms. The van der Waals surface area contributed by atoms with Crippen molar-refractivity contribution in [1.82, 2.24) is 0 Å². The number of benzene rings is 1. The van der Waals surface area contributed by atoms with Gasteiger partial charge in [-0.2, -0.15) is 0 Å². The first-order valence-electron chi connectivity index (χ1n) is 6.97. The molecular weight excluding hydrogens is 254 g/mol. The molecule has 1 rings (SSSR count). The van der Waals surface area contributed by atoms with Crippen LogP contribution in [0.25, 0.3) is 0 Å². The van der Waals surface area contributed by atoms with E-state index in [2.05, 4.69) is 0 Å². The third kappa shape index (κ3) is 4.23. The lowest BCUT2D eigenvalue weighted by molar-refractivity contribution is -0.149. The second kappa shape index (κ2) is 6.75. The molecule has 0 bridgehead atoms. The number of hydrogen-bond acceptors (Lipinski definition) is 4. The van der Waals surface area contributed by atoms with Crippen molar-refractivity contribution in [1.29, 1.82) is 0 Å². The number of nitrogens with two attached hydrogens (primary N) is 1. The maximum absolute atomic E-state index is 11.8. The predicted molar refractivity (Wildman–Crippen MR) is 79.8 cm³/mol. The van der Waals surface area contributed by atoms with E-state index in [0.29, 0.717) is 13.0 Å². The number of ether oxygens (including phenoxy) is 2. The Morgan fingerprint density at radius 3 is 2.65 bits per heavy atom. The van der Waals surface area contributed by atoms with E-state index in [1.54, 1.807) is 13.8 Å². The zero-order chi connectivity index (χ0) is 15.3. The molecule has 2 N–H and O–H groups in total. The quantitative estimate of drug-likeness (QED) is 0.813. The Morgan fingerprint density at radius 1 is 1.40 bits per heavy atom. The van der Waals surface area contributed by atoms with Crippen LogP contribution < -0.4 is 10.5 Å². The van der Waals surface area contributed by atoms with Crippen LogP contribution in [0.5, 0.6) is 5.75 Å². The third-order valence-corrected chi connectivity index (χ3v) is 3.34. The zero-order valence-corrected chi connectivity index (χ0v) is 13.0. The molecule has 0 fully saturated rings. The van der Waals surface area contributed by atoms with Crippen LogP contribution in [-0.4, -0.2) is 24.2 Å². The Labute approximate surface area is 121 Å². The lowest BCUT2D eigenvalue weighted by atomic mass is 9.96. The topological polar surface area (TPSA) is 61.5 Å². The number of hydrogen-bond donors (Lipinski definition) is 1. The first-order chi connectivity index (χ1) is 9.27. The zero-order valence-electron chi connectivity index (χ0n) is 13.0. The number of aryl methyl sites for hydroxylation is 1. The lowest BCUT2D eigenvalue weighted by Gasteiger charge is -2.26. The lowest BCUT2D eigenvalue weighted by Crippen LogP contribution is -2.49. The van der Waals surface area contributed by atoms with E-state index >= 15 is 0 Å². The number of esters is 1. The normalized spacial score (nSPS) is 15.3. The van der Waals surface area contributed by atoms with E-state index in [4.69, 9.17) is 15.2 Å². The number of carbonyl (C=O) groups excluding carboxylic acids is 1. The van der Waals surface area contributed by atoms with Gasteiger partial charge in [-0.1, -0.05) is 12.1 Å². The maximum atomic E-state index is 11.8. The average Bonchev–Trinajstić information content (AvgIpc) is 2.34. The molecule has 0 aliphatic rings. The summed E-state index contributed by atoms with van der Waals surface area (Å²) >= 11 is 0. The van der Waals surface area contributed by atoms with Gasteiger partial charge in [-0.25, -0.2) is 0 Å². The van der Waals surface area contributed by atoms with Crippen LogP contribution >= 0.6 is 0 Å². The highest BCUT2D eigenvalue weighted by atomic mass is 16.5. The fraction of sp³-hybridized carbons (Fsp3) is 0.562. The summed E-state index contributed by atoms with van der Waals surface area (Å²) < 4.78 is 10.9. The molecule has 0 amide bonds. The molecule has 1 aromatic rings. The van der Waals surface area contributed by atoms with Gasteiger partial charge in [0.2, 0.25) is 0 Å². The molecule has 0 aliphatic carbocycles. The summed E-state index contributed by atoms with van der Waals surface area (Å²) in [6.07, 6.45) is 0.231. The van der Waals surface area contributed by atoms with Crippen LogP contribution in [0.2, 0.25) is 0 Å². The van der Waals surface area contributed by atoms with Crippen LogP contribution in [0.15, 0.2) is 18.2 Å². The second-order valence-electron chi connectivity index (χ2n) is 5.47. The highest BCUT2D eigenvalue weighted by Crippen LogP contribution is 2.24. The fourth-order valence-corrected chi connectivity index (χ4v) is 2.09. The Morgan fingerprint density at radius 2 is 2.05 bits per heavy atom. The minimum Gasteiger partial charge on any atom is -0.490 e. The molecule has 0 heterocycles. The largest absolute Gasteiger partial charge is 0.490 e. The van der Waals surface area contributed by atoms with E-state index < -0.39 is 11.5 Å². The van der Waals surface area contributed by atoms with Gasteiger partial charge in [0, 0.05) is 6.42 Å². The van der Waals surface area contributed by atoms with Crippen molar-refractivity contribution in [3.05, 3.63) is 29.3 Å². The summed E-state index contributed by atoms with van der Waals surface area (Å²) in [4.78, 5) is 11.8. The minimum absolute atomic E-state index is 0.171. The Kier molecular flexibility index (Phi) is 5.57. The molecule has 2 unspecified atom stereocenters. The average molecular weight is 279 g/mol. The van der Waals surface area contributed by atoms with Crippen molar-refractivity contribution < 1.29 is 14.3 Å². The van der Waals surface area contributed by atoms with Gasteiger partial charge in [0.1, 0.15) is 11.3 Å². The summed E-state index contributed by atoms with van der Waals surface area (Å²) in [5.74, 6) is 0.438. The molecule has 0 aromatic heterocycles. The molecule has 20 heavy (non-hydrogen) atoms. The molecule has 112 valence electrons. The molecular formula is C16H25NO3. The molecule has 0 saturated carbocycles. The summed E-state index contributed by atoms with van der Waals surface area (Å²) in [5, 5.41) is 0. The molecule has 2 atom stereocenters. The van der Waals surface area contributed by atoms with Crippen LogP contribution in [0.1, 0.15) is 38.3 Å². The Balaban J connectivity index is 2.70. The molecule has 0 radical (unpaired) electrons. The second-order valence-corrected chi connectivity index (χ2v) is 5.47. The molecule has 4 nitrogen and oxygen atoms in total. The predicted octanol–water partition coefficient (Wildman–Crippen LogP) is 2.74. The van der Waals surface area contributed by atoms with E-state index in [1.165, 1.54) is 5.56 Å². The van der Waals surface area contributed by atoms with Crippen molar-refractivity contribution in [2.75, 3.05) is 6.61 Å². The number of carbonyl (C=O) groups is 1. The van der Waals surface area contributed by atoms with Crippen molar-refractivity contribution >= 4 is 5.97 Å². The number of rotatable bonds is 6.